The average Bonchev–Trinajstić information content (AvgIpc) is 0.722. The molecule has 0 rings (SSSR count). The van der Waals surface area contributed by atoms with Crippen LogP contribution in [0.25, 0.3) is 0 Å². The summed E-state index contributed by atoms with van der Waals surface area (Å²) in [6, 6.07) is 0. The van der Waals surface area contributed by atoms with Gasteiger partial charge in [0.05, 0.1) is 0 Å². The summed E-state index contributed by atoms with van der Waals surface area (Å²) in [5.41, 5.74) is 0. The van der Waals surface area contributed by atoms with Gasteiger partial charge in [0, 0.05) is 0 Å². The van der Waals surface area contributed by atoms with Crippen molar-refractivity contribution < 1.29 is 16.0 Å². The van der Waals surface area contributed by atoms with Crippen LogP contribution in [0, 0.1) is 0 Å². The molecule has 0 amide bonds. The van der Waals surface area contributed by atoms with E-state index in [1.165, 1.54) is 0 Å². The van der Waals surface area contributed by atoms with Crippen molar-refractivity contribution in [3.8, 4) is 0 Å². The molecule has 0 saturated heterocycles. The average molecular weight is 129 g/mol. The van der Waals surface area contributed by atoms with E-state index in [-0.39, 0.29) is 23.2 Å². The Morgan fingerprint density at radius 1 is 1.17 bits per heavy atom. The van der Waals surface area contributed by atoms with E-state index in [1.807, 2.05) is 20.8 Å². The van der Waals surface area contributed by atoms with Gasteiger partial charge in [-0.15, -0.1) is 0 Å². The molecule has 0 N–H and O–H groups in total. The minimum atomic E-state index is 0. The first-order valence-electron chi connectivity index (χ1n) is 1.65. The summed E-state index contributed by atoms with van der Waals surface area (Å²) >= 11 is 4.96. The quantitative estimate of drug-likeness (QED) is 0.429. The van der Waals surface area contributed by atoms with E-state index in [0.29, 0.717) is 0 Å². The standard InChI is InChI=1S/C4H9.Cu.Li.H/c1-4(2)3;;;/h1-3H3;;;. The summed E-state index contributed by atoms with van der Waals surface area (Å²) in [5.74, 6) is 0. The molecule has 0 fully saturated rings. The molecule has 0 bridgehead atoms. The van der Waals surface area contributed by atoms with Gasteiger partial charge in [0.1, 0.15) is 0 Å². The Hall–Kier alpha value is 1.12. The Labute approximate surface area is 60.1 Å². The van der Waals surface area contributed by atoms with Gasteiger partial charge < -0.3 is 0 Å². The molecular formula is C4H10CuLi. The van der Waals surface area contributed by atoms with Crippen molar-refractivity contribution in [2.24, 2.45) is 0 Å². The van der Waals surface area contributed by atoms with Gasteiger partial charge in [0.25, 0.3) is 0 Å². The third-order valence-electron chi connectivity index (χ3n) is 0. The molecule has 0 radical (unpaired) electrons. The topological polar surface area (TPSA) is 0 Å². The molecular weight excluding hydrogens is 119 g/mol. The fraction of sp³-hybridized carbons (Fsp3) is 1.00. The molecule has 0 aliphatic heterocycles. The van der Waals surface area contributed by atoms with Crippen LogP contribution in [0.1, 0.15) is 20.8 Å². The zero-order chi connectivity index (χ0) is 4.50. The fourth-order valence-corrected chi connectivity index (χ4v) is 0. The van der Waals surface area contributed by atoms with Gasteiger partial charge in [-0.1, -0.05) is 0 Å². The first-order chi connectivity index (χ1) is 2.00. The van der Waals surface area contributed by atoms with Crippen LogP contribution in [0.15, 0.2) is 0 Å². The van der Waals surface area contributed by atoms with Crippen molar-refractivity contribution >= 4 is 18.9 Å². The predicted molar refractivity (Wildman–Crippen MR) is 26.9 cm³/mol. The molecule has 0 nitrogen and oxygen atoms in total. The van der Waals surface area contributed by atoms with E-state index in [9.17, 15) is 0 Å². The van der Waals surface area contributed by atoms with Gasteiger partial charge in [-0.05, 0) is 0 Å². The molecule has 0 aliphatic rings. The van der Waals surface area contributed by atoms with Crippen LogP contribution in [0.5, 0.6) is 0 Å². The van der Waals surface area contributed by atoms with Crippen molar-refractivity contribution in [1.29, 1.82) is 0 Å². The van der Waals surface area contributed by atoms with Gasteiger partial charge >= 0.3 is 60.0 Å². The van der Waals surface area contributed by atoms with E-state index < -0.39 is 0 Å². The van der Waals surface area contributed by atoms with Gasteiger partial charge in [0.15, 0.2) is 0 Å². The van der Waals surface area contributed by atoms with Gasteiger partial charge in [-0.2, -0.15) is 0 Å². The number of hydrogen-bond acceptors (Lipinski definition) is 0. The van der Waals surface area contributed by atoms with Crippen LogP contribution in [-0.2, 0) is 16.0 Å². The molecule has 0 saturated carbocycles. The van der Waals surface area contributed by atoms with Crippen molar-refractivity contribution in [2.45, 2.75) is 25.1 Å². The van der Waals surface area contributed by atoms with Gasteiger partial charge in [-0.3, -0.25) is 0 Å². The molecule has 0 aromatic rings. The van der Waals surface area contributed by atoms with Crippen LogP contribution in [0.2, 0.25) is 4.31 Å². The second kappa shape index (κ2) is 3.16. The van der Waals surface area contributed by atoms with E-state index in [1.54, 1.807) is 0 Å². The summed E-state index contributed by atoms with van der Waals surface area (Å²) in [7, 11) is 0. The van der Waals surface area contributed by atoms with Crippen LogP contribution >= 0.6 is 0 Å². The van der Waals surface area contributed by atoms with Crippen LogP contribution in [0.3, 0.4) is 0 Å². The van der Waals surface area contributed by atoms with Crippen molar-refractivity contribution in [1.82, 2.24) is 0 Å². The summed E-state index contributed by atoms with van der Waals surface area (Å²) in [6.45, 7) is 5.98. The van der Waals surface area contributed by atoms with E-state index in [4.69, 9.17) is 16.0 Å². The van der Waals surface area contributed by atoms with Crippen molar-refractivity contribution in [3.63, 3.8) is 0 Å². The summed E-state index contributed by atoms with van der Waals surface area (Å²) in [5, 5.41) is 0. The Kier molecular flexibility index (Phi) is 5.36. The van der Waals surface area contributed by atoms with E-state index in [2.05, 4.69) is 0 Å². The zero-order valence-corrected chi connectivity index (χ0v) is 4.74. The number of hydrogen-bond donors (Lipinski definition) is 0. The van der Waals surface area contributed by atoms with Gasteiger partial charge in [-0.25, -0.2) is 0 Å². The van der Waals surface area contributed by atoms with E-state index >= 15 is 0 Å². The summed E-state index contributed by atoms with van der Waals surface area (Å²) in [6.07, 6.45) is 0. The number of rotatable bonds is 0. The van der Waals surface area contributed by atoms with E-state index in [0.717, 1.165) is 0 Å². The molecule has 0 unspecified atom stereocenters. The Morgan fingerprint density at radius 2 is 1.17 bits per heavy atom. The molecule has 0 atom stereocenters. The zero-order valence-electron chi connectivity index (χ0n) is 3.80. The SMILES string of the molecule is C[C](C)(C)[Cu].[LiH]. The third-order valence-corrected chi connectivity index (χ3v) is 0. The Morgan fingerprint density at radius 3 is 1.17 bits per heavy atom. The summed E-state index contributed by atoms with van der Waals surface area (Å²) < 4.78 is 0.0625. The van der Waals surface area contributed by atoms with Crippen LogP contribution in [0.4, 0.5) is 0 Å². The third kappa shape index (κ3) is 69.5. The molecule has 38 valence electrons. The van der Waals surface area contributed by atoms with Crippen molar-refractivity contribution in [3.05, 3.63) is 0 Å². The first-order valence-corrected chi connectivity index (χ1v) is 2.12. The normalized spacial score (nSPS) is 10.2. The first kappa shape index (κ1) is 10.2. The Bertz CT molecular complexity index is 23.0. The minimum absolute atomic E-state index is 0. The Balaban J connectivity index is 0. The monoisotopic (exact) mass is 128 g/mol. The maximum atomic E-state index is 4.96. The molecule has 0 aromatic carbocycles. The van der Waals surface area contributed by atoms with Crippen LogP contribution in [-0.4, -0.2) is 18.9 Å². The molecule has 0 aromatic heterocycles. The van der Waals surface area contributed by atoms with Gasteiger partial charge in [0.2, 0.25) is 0 Å². The predicted octanol–water partition coefficient (Wildman–Crippen LogP) is 1.10. The second-order valence-corrected chi connectivity index (χ2v) is 3.36. The molecule has 6 heavy (non-hydrogen) atoms. The maximum absolute atomic E-state index is 4.96. The van der Waals surface area contributed by atoms with Crippen LogP contribution < -0.4 is 0 Å². The molecule has 0 heterocycles. The molecule has 0 aliphatic carbocycles. The fourth-order valence-electron chi connectivity index (χ4n) is 0. The molecule has 2 heteroatoms. The second-order valence-electron chi connectivity index (χ2n) is 1.95. The molecule has 0 spiro atoms. The van der Waals surface area contributed by atoms with Crippen molar-refractivity contribution in [2.75, 3.05) is 0 Å². The summed E-state index contributed by atoms with van der Waals surface area (Å²) in [4.78, 5) is 0.